The van der Waals surface area contributed by atoms with Gasteiger partial charge < -0.3 is 0 Å². The zero-order chi connectivity index (χ0) is 14.0. The van der Waals surface area contributed by atoms with Gasteiger partial charge >= 0.3 is 0 Å². The van der Waals surface area contributed by atoms with Crippen LogP contribution in [0.25, 0.3) is 0 Å². The number of likely N-dealkylation sites (tertiary alicyclic amines) is 1. The molecule has 0 bridgehead atoms. The third-order valence-electron chi connectivity index (χ3n) is 4.29. The van der Waals surface area contributed by atoms with E-state index < -0.39 is 5.54 Å². The van der Waals surface area contributed by atoms with Crippen LogP contribution < -0.4 is 0 Å². The van der Waals surface area contributed by atoms with E-state index in [0.717, 1.165) is 19.4 Å². The Morgan fingerprint density at radius 2 is 2.05 bits per heavy atom. The molecule has 20 heavy (non-hydrogen) atoms. The predicted molar refractivity (Wildman–Crippen MR) is 82.4 cm³/mol. The van der Waals surface area contributed by atoms with Crippen LogP contribution in [0.5, 0.6) is 0 Å². The summed E-state index contributed by atoms with van der Waals surface area (Å²) in [4.78, 5) is 3.55. The molecule has 0 radical (unpaired) electrons. The molecular weight excluding hydrogens is 264 g/mol. The number of nitriles is 1. The molecule has 1 saturated heterocycles. The average molecular weight is 282 g/mol. The Morgan fingerprint density at radius 1 is 1.25 bits per heavy atom. The number of benzene rings is 1. The smallest absolute Gasteiger partial charge is 0.144 e. The van der Waals surface area contributed by atoms with Gasteiger partial charge in [-0.1, -0.05) is 36.4 Å². The van der Waals surface area contributed by atoms with Gasteiger partial charge in [-0.25, -0.2) is 0 Å². The molecule has 0 aliphatic carbocycles. The summed E-state index contributed by atoms with van der Waals surface area (Å²) >= 11 is 1.70. The van der Waals surface area contributed by atoms with E-state index in [2.05, 4.69) is 53.6 Å². The lowest BCUT2D eigenvalue weighted by molar-refractivity contribution is 0.142. The highest BCUT2D eigenvalue weighted by molar-refractivity contribution is 7.10. The molecule has 1 aromatic heterocycles. The van der Waals surface area contributed by atoms with E-state index in [4.69, 9.17) is 0 Å². The van der Waals surface area contributed by atoms with Gasteiger partial charge in [0.25, 0.3) is 0 Å². The van der Waals surface area contributed by atoms with Crippen LogP contribution in [0.1, 0.15) is 36.2 Å². The minimum atomic E-state index is -0.441. The molecule has 0 N–H and O–H groups in total. The van der Waals surface area contributed by atoms with Crippen LogP contribution in [0.3, 0.4) is 0 Å². The summed E-state index contributed by atoms with van der Waals surface area (Å²) in [6, 6.07) is 17.5. The lowest BCUT2D eigenvalue weighted by atomic mass is 9.93. The van der Waals surface area contributed by atoms with E-state index in [1.165, 1.54) is 10.4 Å². The second-order valence-corrected chi connectivity index (χ2v) is 6.28. The summed E-state index contributed by atoms with van der Waals surface area (Å²) in [6.45, 7) is 3.20. The molecule has 0 saturated carbocycles. The number of rotatable bonds is 3. The van der Waals surface area contributed by atoms with Crippen LogP contribution in [0.15, 0.2) is 47.8 Å². The second kappa shape index (κ2) is 5.40. The number of hydrogen-bond acceptors (Lipinski definition) is 3. The van der Waals surface area contributed by atoms with Crippen molar-refractivity contribution >= 4 is 11.3 Å². The molecule has 3 rings (SSSR count). The first-order chi connectivity index (χ1) is 9.78. The lowest BCUT2D eigenvalue weighted by Crippen LogP contribution is -2.41. The van der Waals surface area contributed by atoms with Crippen molar-refractivity contribution in [3.8, 4) is 6.07 Å². The molecule has 0 spiro atoms. The summed E-state index contributed by atoms with van der Waals surface area (Å²) in [5.74, 6) is 0. The maximum absolute atomic E-state index is 9.87. The molecule has 2 aromatic rings. The number of thiophene rings is 1. The van der Waals surface area contributed by atoms with Crippen molar-refractivity contribution in [3.05, 3.63) is 58.3 Å². The van der Waals surface area contributed by atoms with Crippen LogP contribution in [-0.4, -0.2) is 11.4 Å². The monoisotopic (exact) mass is 282 g/mol. The van der Waals surface area contributed by atoms with Crippen molar-refractivity contribution in [1.29, 1.82) is 5.26 Å². The van der Waals surface area contributed by atoms with Crippen molar-refractivity contribution in [1.82, 2.24) is 4.90 Å². The maximum Gasteiger partial charge on any atom is 0.144 e. The zero-order valence-electron chi connectivity index (χ0n) is 11.6. The minimum Gasteiger partial charge on any atom is -0.274 e. The molecule has 2 unspecified atom stereocenters. The quantitative estimate of drug-likeness (QED) is 0.838. The maximum atomic E-state index is 9.87. The molecule has 1 fully saturated rings. The Bertz CT molecular complexity index is 600. The van der Waals surface area contributed by atoms with Gasteiger partial charge in [0.1, 0.15) is 5.54 Å². The lowest BCUT2D eigenvalue weighted by Gasteiger charge is -2.36. The predicted octanol–water partition coefficient (Wildman–Crippen LogP) is 4.32. The largest absolute Gasteiger partial charge is 0.274 e. The van der Waals surface area contributed by atoms with Gasteiger partial charge in [0.15, 0.2) is 0 Å². The molecular formula is C17H18N2S. The first-order valence-corrected chi connectivity index (χ1v) is 7.93. The summed E-state index contributed by atoms with van der Waals surface area (Å²) in [6.07, 6.45) is 2.02. The minimum absolute atomic E-state index is 0.264. The molecule has 102 valence electrons. The highest BCUT2D eigenvalue weighted by atomic mass is 32.1. The van der Waals surface area contributed by atoms with E-state index in [9.17, 15) is 5.26 Å². The molecule has 1 aromatic carbocycles. The molecule has 0 amide bonds. The summed E-state index contributed by atoms with van der Waals surface area (Å²) in [5.41, 5.74) is 0.842. The zero-order valence-corrected chi connectivity index (χ0v) is 12.4. The Hall–Kier alpha value is -1.63. The van der Waals surface area contributed by atoms with E-state index in [0.29, 0.717) is 0 Å². The van der Waals surface area contributed by atoms with E-state index in [1.54, 1.807) is 11.3 Å². The van der Waals surface area contributed by atoms with Gasteiger partial charge in [-0.15, -0.1) is 11.3 Å². The highest BCUT2D eigenvalue weighted by Crippen LogP contribution is 2.45. The van der Waals surface area contributed by atoms with Crippen LogP contribution >= 0.6 is 11.3 Å². The van der Waals surface area contributed by atoms with Crippen LogP contribution in [0.4, 0.5) is 0 Å². The van der Waals surface area contributed by atoms with Gasteiger partial charge in [-0.2, -0.15) is 5.26 Å². The van der Waals surface area contributed by atoms with Crippen molar-refractivity contribution < 1.29 is 0 Å². The molecule has 1 aliphatic heterocycles. The van der Waals surface area contributed by atoms with Gasteiger partial charge in [0, 0.05) is 17.5 Å². The summed E-state index contributed by atoms with van der Waals surface area (Å²) in [7, 11) is 0. The Labute approximate surface area is 124 Å². The van der Waals surface area contributed by atoms with E-state index >= 15 is 0 Å². The number of hydrogen-bond donors (Lipinski definition) is 0. The standard InChI is InChI=1S/C17H18N2S/c1-14(15-7-3-2-4-8-15)19-11-6-10-17(19,13-18)16-9-5-12-20-16/h2-5,7-9,12,14H,6,10-11H2,1H3. The normalized spacial score (nSPS) is 24.4. The summed E-state index contributed by atoms with van der Waals surface area (Å²) < 4.78 is 0. The summed E-state index contributed by atoms with van der Waals surface area (Å²) in [5, 5.41) is 11.9. The first kappa shape index (κ1) is 13.4. The fourth-order valence-corrected chi connectivity index (χ4v) is 4.15. The molecule has 2 atom stereocenters. The van der Waals surface area contributed by atoms with E-state index in [-0.39, 0.29) is 6.04 Å². The first-order valence-electron chi connectivity index (χ1n) is 7.05. The Morgan fingerprint density at radius 3 is 2.70 bits per heavy atom. The topological polar surface area (TPSA) is 27.0 Å². The fraction of sp³-hybridized carbons (Fsp3) is 0.353. The van der Waals surface area contributed by atoms with Crippen molar-refractivity contribution in [2.45, 2.75) is 31.3 Å². The SMILES string of the molecule is CC(c1ccccc1)N1CCCC1(C#N)c1cccs1. The Kier molecular flexibility index (Phi) is 3.60. The van der Waals surface area contributed by atoms with Gasteiger partial charge in [0.05, 0.1) is 6.07 Å². The van der Waals surface area contributed by atoms with Crippen molar-refractivity contribution in [2.75, 3.05) is 6.54 Å². The molecule has 2 nitrogen and oxygen atoms in total. The average Bonchev–Trinajstić information content (AvgIpc) is 3.17. The third-order valence-corrected chi connectivity index (χ3v) is 5.31. The van der Waals surface area contributed by atoms with Crippen LogP contribution in [0, 0.1) is 11.3 Å². The highest BCUT2D eigenvalue weighted by Gasteiger charge is 2.45. The van der Waals surface area contributed by atoms with Gasteiger partial charge in [0.2, 0.25) is 0 Å². The third kappa shape index (κ3) is 2.06. The molecule has 1 aliphatic rings. The van der Waals surface area contributed by atoms with Gasteiger partial charge in [-0.05, 0) is 36.8 Å². The van der Waals surface area contributed by atoms with Crippen LogP contribution in [0.2, 0.25) is 0 Å². The molecule has 2 heterocycles. The fourth-order valence-electron chi connectivity index (χ4n) is 3.23. The molecule has 3 heteroatoms. The second-order valence-electron chi connectivity index (χ2n) is 5.33. The number of nitrogens with zero attached hydrogens (tertiary/aromatic N) is 2. The van der Waals surface area contributed by atoms with Crippen molar-refractivity contribution in [3.63, 3.8) is 0 Å². The van der Waals surface area contributed by atoms with Crippen LogP contribution in [-0.2, 0) is 5.54 Å². The van der Waals surface area contributed by atoms with Crippen molar-refractivity contribution in [2.24, 2.45) is 0 Å². The van der Waals surface area contributed by atoms with E-state index in [1.807, 2.05) is 12.1 Å². The Balaban J connectivity index is 1.98. The van der Waals surface area contributed by atoms with Gasteiger partial charge in [-0.3, -0.25) is 4.90 Å².